The first-order chi connectivity index (χ1) is 20.9. The van der Waals surface area contributed by atoms with E-state index in [1.165, 1.54) is 29.8 Å². The second-order valence-corrected chi connectivity index (χ2v) is 16.1. The molecule has 0 spiro atoms. The third-order valence-corrected chi connectivity index (χ3v) is 12.4. The average molecular weight is 635 g/mol. The molecule has 3 aliphatic rings. The van der Waals surface area contributed by atoms with E-state index in [2.05, 4.69) is 41.9 Å². The van der Waals surface area contributed by atoms with Crippen molar-refractivity contribution >= 4 is 33.2 Å². The van der Waals surface area contributed by atoms with Crippen LogP contribution in [0.15, 0.2) is 59.8 Å². The summed E-state index contributed by atoms with van der Waals surface area (Å²) in [6.07, 6.45) is 12.1. The maximum absolute atomic E-state index is 14.8. The van der Waals surface area contributed by atoms with Gasteiger partial charge in [0.2, 0.25) is 5.78 Å². The molecule has 12 heteroatoms. The maximum Gasteiger partial charge on any atom is 0.262 e. The Hall–Kier alpha value is -3.48. The minimum Gasteiger partial charge on any atom is -0.339 e. The number of hydrogen-bond donors (Lipinski definition) is 0. The van der Waals surface area contributed by atoms with E-state index in [-0.39, 0.29) is 34.1 Å². The third-order valence-electron chi connectivity index (χ3n) is 9.07. The van der Waals surface area contributed by atoms with Gasteiger partial charge in [-0.2, -0.15) is 9.40 Å². The summed E-state index contributed by atoms with van der Waals surface area (Å²) in [5, 5.41) is 5.12. The minimum absolute atomic E-state index is 0.0369. The molecule has 2 atom stereocenters. The zero-order valence-electron chi connectivity index (χ0n) is 25.2. The lowest BCUT2D eigenvalue weighted by molar-refractivity contribution is 0.0738. The Balaban J connectivity index is 1.32. The predicted octanol–water partition coefficient (Wildman–Crippen LogP) is 5.71. The summed E-state index contributed by atoms with van der Waals surface area (Å²) < 4.78 is 46.8. The van der Waals surface area contributed by atoms with Gasteiger partial charge in [0.25, 0.3) is 10.0 Å². The molecular formula is C32H35FN6O3S2. The van der Waals surface area contributed by atoms with Crippen LogP contribution in [-0.2, 0) is 28.9 Å². The first-order valence-electron chi connectivity index (χ1n) is 14.9. The molecule has 0 bridgehead atoms. The van der Waals surface area contributed by atoms with E-state index in [0.717, 1.165) is 40.2 Å². The number of carbonyl (C=O) groups excluding carboxylic acids is 1. The number of aryl methyl sites for hydroxylation is 1. The average Bonchev–Trinajstić information content (AvgIpc) is 3.34. The van der Waals surface area contributed by atoms with Crippen molar-refractivity contribution in [3.05, 3.63) is 81.7 Å². The standard InChI is InChI=1S/C32H35FN6O3S2/c1-31(2,3)27-17-34-30(43-27)29(40)32-14-20-16-36-38(23-9-6-22(33)7-10-23)26(20)13-21(32)5-8-25(15-32)39(24-11-12-24)44(41,42)28-18-37(4)19-35-28/h6-7,9-10,13,16-19,24-25H,5,8,11-12,14-15H2,1-4H3/t25-,32-/m0/s1. The highest BCUT2D eigenvalue weighted by atomic mass is 32.2. The van der Waals surface area contributed by atoms with Crippen molar-refractivity contribution in [2.24, 2.45) is 12.5 Å². The molecule has 0 N–H and O–H groups in total. The van der Waals surface area contributed by atoms with Crippen LogP contribution in [0.5, 0.6) is 0 Å². The van der Waals surface area contributed by atoms with Gasteiger partial charge in [-0.3, -0.25) is 4.79 Å². The summed E-state index contributed by atoms with van der Waals surface area (Å²) in [5.41, 5.74) is 2.33. The molecule has 0 radical (unpaired) electrons. The van der Waals surface area contributed by atoms with E-state index in [1.807, 2.05) is 0 Å². The number of thiazole rings is 1. The van der Waals surface area contributed by atoms with Crippen LogP contribution in [0.1, 0.15) is 78.8 Å². The van der Waals surface area contributed by atoms with E-state index in [1.54, 1.807) is 51.3 Å². The smallest absolute Gasteiger partial charge is 0.262 e. The summed E-state index contributed by atoms with van der Waals surface area (Å²) in [5.74, 6) is -0.393. The first kappa shape index (κ1) is 29.2. The normalized spacial score (nSPS) is 22.0. The van der Waals surface area contributed by atoms with Crippen LogP contribution >= 0.6 is 11.3 Å². The number of aromatic nitrogens is 5. The molecule has 1 aromatic carbocycles. The number of benzene rings is 1. The molecule has 44 heavy (non-hydrogen) atoms. The van der Waals surface area contributed by atoms with Crippen molar-refractivity contribution in [3.63, 3.8) is 0 Å². The van der Waals surface area contributed by atoms with Gasteiger partial charge in [-0.25, -0.2) is 27.5 Å². The molecule has 0 unspecified atom stereocenters. The molecule has 7 rings (SSSR count). The number of ketones is 1. The second kappa shape index (κ2) is 10.3. The van der Waals surface area contributed by atoms with E-state index < -0.39 is 15.4 Å². The number of fused-ring (bicyclic) bond motifs is 2. The number of hydrogen-bond acceptors (Lipinski definition) is 7. The number of rotatable bonds is 7. The fourth-order valence-electron chi connectivity index (χ4n) is 6.67. The Labute approximate surface area is 260 Å². The van der Waals surface area contributed by atoms with Crippen LogP contribution < -0.4 is 0 Å². The Bertz CT molecular complexity index is 1900. The van der Waals surface area contributed by atoms with Crippen molar-refractivity contribution in [2.75, 3.05) is 0 Å². The van der Waals surface area contributed by atoms with Gasteiger partial charge in [0.15, 0.2) is 10.0 Å². The zero-order valence-corrected chi connectivity index (χ0v) is 26.8. The van der Waals surface area contributed by atoms with Crippen molar-refractivity contribution in [1.29, 1.82) is 0 Å². The van der Waals surface area contributed by atoms with Gasteiger partial charge in [-0.1, -0.05) is 26.3 Å². The highest BCUT2D eigenvalue weighted by Crippen LogP contribution is 2.53. The van der Waals surface area contributed by atoms with Crippen LogP contribution in [0.2, 0.25) is 0 Å². The minimum atomic E-state index is -3.87. The van der Waals surface area contributed by atoms with Gasteiger partial charge in [0.1, 0.15) is 5.82 Å². The van der Waals surface area contributed by atoms with Gasteiger partial charge in [-0.15, -0.1) is 11.3 Å². The van der Waals surface area contributed by atoms with Gasteiger partial charge >= 0.3 is 0 Å². The van der Waals surface area contributed by atoms with Crippen molar-refractivity contribution in [1.82, 2.24) is 28.6 Å². The van der Waals surface area contributed by atoms with Gasteiger partial charge in [0, 0.05) is 36.4 Å². The van der Waals surface area contributed by atoms with E-state index >= 15 is 0 Å². The maximum atomic E-state index is 14.8. The van der Waals surface area contributed by atoms with Crippen molar-refractivity contribution in [2.45, 2.75) is 81.8 Å². The molecule has 2 saturated carbocycles. The molecule has 2 fully saturated rings. The zero-order chi connectivity index (χ0) is 31.0. The molecule has 0 saturated heterocycles. The summed E-state index contributed by atoms with van der Waals surface area (Å²) in [6, 6.07) is 5.71. The molecule has 4 aromatic rings. The quantitative estimate of drug-likeness (QED) is 0.241. The number of Topliss-reactive ketones (excluding diaryl/α,β-unsaturated/α-hetero) is 1. The molecule has 3 aliphatic carbocycles. The summed E-state index contributed by atoms with van der Waals surface area (Å²) in [7, 11) is -2.12. The number of allylic oxidation sites excluding steroid dienone is 1. The van der Waals surface area contributed by atoms with Crippen LogP contribution in [0.25, 0.3) is 11.8 Å². The summed E-state index contributed by atoms with van der Waals surface area (Å²) in [4.78, 5) is 24.6. The topological polar surface area (TPSA) is 103 Å². The number of nitrogens with zero attached hydrogens (tertiary/aromatic N) is 6. The number of sulfonamides is 1. The SMILES string of the molecule is Cn1cnc(S(=O)(=O)N(C2CC2)[C@H]2CCC3=Cc4c(cnn4-c4ccc(F)cc4)C[C@]3(C(=O)c3ncc(C(C)(C)C)s3)C2)c1. The Morgan fingerprint density at radius 1 is 1.09 bits per heavy atom. The van der Waals surface area contributed by atoms with Crippen molar-refractivity contribution in [3.8, 4) is 5.69 Å². The third kappa shape index (κ3) is 4.87. The predicted molar refractivity (Wildman–Crippen MR) is 166 cm³/mol. The van der Waals surface area contributed by atoms with E-state index in [9.17, 15) is 17.6 Å². The van der Waals surface area contributed by atoms with Gasteiger partial charge < -0.3 is 4.57 Å². The van der Waals surface area contributed by atoms with Crippen LogP contribution in [0, 0.1) is 11.2 Å². The highest BCUT2D eigenvalue weighted by molar-refractivity contribution is 7.89. The first-order valence-corrected chi connectivity index (χ1v) is 17.2. The Morgan fingerprint density at radius 2 is 1.84 bits per heavy atom. The Kier molecular flexibility index (Phi) is 6.83. The summed E-state index contributed by atoms with van der Waals surface area (Å²) >= 11 is 1.42. The number of halogens is 1. The molecule has 0 amide bonds. The van der Waals surface area contributed by atoms with Crippen LogP contribution in [0.3, 0.4) is 0 Å². The lowest BCUT2D eigenvalue weighted by Crippen LogP contribution is -2.51. The van der Waals surface area contributed by atoms with E-state index in [4.69, 9.17) is 0 Å². The molecule has 3 heterocycles. The number of carbonyl (C=O) groups is 1. The van der Waals surface area contributed by atoms with Crippen molar-refractivity contribution < 1.29 is 17.6 Å². The Morgan fingerprint density at radius 3 is 2.48 bits per heavy atom. The largest absolute Gasteiger partial charge is 0.339 e. The lowest BCUT2D eigenvalue weighted by atomic mass is 9.61. The molecular weight excluding hydrogens is 600 g/mol. The highest BCUT2D eigenvalue weighted by Gasteiger charge is 2.54. The van der Waals surface area contributed by atoms with Gasteiger partial charge in [-0.05, 0) is 79.8 Å². The fraction of sp³-hybridized carbons (Fsp3) is 0.438. The second-order valence-electron chi connectivity index (χ2n) is 13.3. The fourth-order valence-corrected chi connectivity index (χ4v) is 9.55. The summed E-state index contributed by atoms with van der Waals surface area (Å²) in [6.45, 7) is 6.30. The molecule has 9 nitrogen and oxygen atoms in total. The molecule has 3 aromatic heterocycles. The monoisotopic (exact) mass is 634 g/mol. The van der Waals surface area contributed by atoms with Crippen LogP contribution in [0.4, 0.5) is 4.39 Å². The van der Waals surface area contributed by atoms with Crippen LogP contribution in [-0.4, -0.2) is 54.9 Å². The lowest BCUT2D eigenvalue weighted by Gasteiger charge is -2.46. The molecule has 0 aliphatic heterocycles. The number of imidazole rings is 1. The molecule has 230 valence electrons. The van der Waals surface area contributed by atoms with Gasteiger partial charge in [0.05, 0.1) is 29.3 Å². The van der Waals surface area contributed by atoms with E-state index in [0.29, 0.717) is 30.7 Å².